The SMILES string of the molecule is CCC(CC(=O)Cl)(OC)OC. The van der Waals surface area contributed by atoms with Crippen molar-refractivity contribution in [2.75, 3.05) is 14.2 Å². The summed E-state index contributed by atoms with van der Waals surface area (Å²) in [4.78, 5) is 10.5. The molecule has 0 aromatic carbocycles. The fourth-order valence-corrected chi connectivity index (χ4v) is 1.06. The Bertz CT molecular complexity index is 123. The zero-order chi connectivity index (χ0) is 8.91. The van der Waals surface area contributed by atoms with Crippen LogP contribution in [0.1, 0.15) is 19.8 Å². The number of carbonyl (C=O) groups excluding carboxylic acids is 1. The summed E-state index contributed by atoms with van der Waals surface area (Å²) in [6.45, 7) is 1.87. The van der Waals surface area contributed by atoms with Crippen molar-refractivity contribution in [3.05, 3.63) is 0 Å². The second kappa shape index (κ2) is 4.70. The number of rotatable bonds is 5. The normalized spacial score (nSPS) is 11.6. The molecule has 0 aliphatic heterocycles. The molecular weight excluding hydrogens is 168 g/mol. The molecule has 0 N–H and O–H groups in total. The fourth-order valence-electron chi connectivity index (χ4n) is 0.853. The summed E-state index contributed by atoms with van der Waals surface area (Å²) in [6, 6.07) is 0. The molecule has 0 radical (unpaired) electrons. The summed E-state index contributed by atoms with van der Waals surface area (Å²) < 4.78 is 10.0. The molecule has 0 aliphatic carbocycles. The molecule has 0 aromatic heterocycles. The van der Waals surface area contributed by atoms with Gasteiger partial charge in [-0.1, -0.05) is 6.92 Å². The highest BCUT2D eigenvalue weighted by Crippen LogP contribution is 2.21. The van der Waals surface area contributed by atoms with Crippen molar-refractivity contribution >= 4 is 16.8 Å². The van der Waals surface area contributed by atoms with Gasteiger partial charge in [0, 0.05) is 14.2 Å². The van der Waals surface area contributed by atoms with Crippen LogP contribution in [-0.2, 0) is 14.3 Å². The summed E-state index contributed by atoms with van der Waals surface area (Å²) in [5.74, 6) is -0.834. The van der Waals surface area contributed by atoms with Crippen molar-refractivity contribution < 1.29 is 14.3 Å². The van der Waals surface area contributed by atoms with Gasteiger partial charge in [-0.3, -0.25) is 4.79 Å². The van der Waals surface area contributed by atoms with E-state index in [0.29, 0.717) is 6.42 Å². The van der Waals surface area contributed by atoms with Gasteiger partial charge >= 0.3 is 0 Å². The topological polar surface area (TPSA) is 35.5 Å². The van der Waals surface area contributed by atoms with Crippen molar-refractivity contribution in [1.82, 2.24) is 0 Å². The van der Waals surface area contributed by atoms with Crippen molar-refractivity contribution in [1.29, 1.82) is 0 Å². The van der Waals surface area contributed by atoms with Crippen LogP contribution >= 0.6 is 11.6 Å². The van der Waals surface area contributed by atoms with E-state index in [1.165, 1.54) is 14.2 Å². The monoisotopic (exact) mass is 180 g/mol. The highest BCUT2D eigenvalue weighted by atomic mass is 35.5. The third-order valence-electron chi connectivity index (χ3n) is 1.69. The number of halogens is 1. The van der Waals surface area contributed by atoms with E-state index in [9.17, 15) is 4.79 Å². The Labute approximate surface area is 71.6 Å². The smallest absolute Gasteiger partial charge is 0.227 e. The van der Waals surface area contributed by atoms with Gasteiger partial charge in [-0.15, -0.1) is 0 Å². The molecule has 0 aliphatic rings. The van der Waals surface area contributed by atoms with Crippen molar-refractivity contribution in [3.8, 4) is 0 Å². The quantitative estimate of drug-likeness (QED) is 0.476. The van der Waals surface area contributed by atoms with Gasteiger partial charge < -0.3 is 9.47 Å². The molecule has 66 valence electrons. The van der Waals surface area contributed by atoms with Crippen molar-refractivity contribution in [2.45, 2.75) is 25.6 Å². The summed E-state index contributed by atoms with van der Waals surface area (Å²) in [5.41, 5.74) is 0. The first-order valence-electron chi connectivity index (χ1n) is 3.39. The molecule has 3 nitrogen and oxygen atoms in total. The van der Waals surface area contributed by atoms with E-state index >= 15 is 0 Å². The van der Waals surface area contributed by atoms with E-state index in [-0.39, 0.29) is 6.42 Å². The molecule has 0 aromatic rings. The first kappa shape index (κ1) is 10.9. The first-order valence-corrected chi connectivity index (χ1v) is 3.76. The lowest BCUT2D eigenvalue weighted by molar-refractivity contribution is -0.209. The lowest BCUT2D eigenvalue weighted by Crippen LogP contribution is -2.34. The van der Waals surface area contributed by atoms with Gasteiger partial charge in [-0.05, 0) is 18.0 Å². The van der Waals surface area contributed by atoms with Crippen LogP contribution in [0.3, 0.4) is 0 Å². The fraction of sp³-hybridized carbons (Fsp3) is 0.857. The highest BCUT2D eigenvalue weighted by Gasteiger charge is 2.29. The third kappa shape index (κ3) is 3.18. The number of ether oxygens (including phenoxy) is 2. The van der Waals surface area contributed by atoms with Gasteiger partial charge in [0.1, 0.15) is 0 Å². The van der Waals surface area contributed by atoms with Crippen LogP contribution in [0.4, 0.5) is 0 Å². The summed E-state index contributed by atoms with van der Waals surface area (Å²) in [6.07, 6.45) is 0.677. The Balaban J connectivity index is 4.16. The Morgan fingerprint density at radius 3 is 2.00 bits per heavy atom. The molecule has 0 heterocycles. The minimum absolute atomic E-state index is 0.0814. The van der Waals surface area contributed by atoms with Gasteiger partial charge in [0.2, 0.25) is 5.24 Å². The molecule has 0 spiro atoms. The minimum atomic E-state index is -0.834. The van der Waals surface area contributed by atoms with E-state index in [1.54, 1.807) is 0 Å². The number of hydrogen-bond acceptors (Lipinski definition) is 3. The predicted octanol–water partition coefficient (Wildman–Crippen LogP) is 1.54. The van der Waals surface area contributed by atoms with Gasteiger partial charge in [0.05, 0.1) is 6.42 Å². The van der Waals surface area contributed by atoms with E-state index < -0.39 is 11.0 Å². The molecule has 0 atom stereocenters. The van der Waals surface area contributed by atoms with Crippen LogP contribution in [0.15, 0.2) is 0 Å². The maximum absolute atomic E-state index is 10.5. The van der Waals surface area contributed by atoms with Gasteiger partial charge in [0.15, 0.2) is 5.79 Å². The van der Waals surface area contributed by atoms with Gasteiger partial charge in [-0.2, -0.15) is 0 Å². The standard InChI is InChI=1S/C7H13ClO3/c1-4-7(10-2,11-3)5-6(8)9/h4-5H2,1-3H3. The van der Waals surface area contributed by atoms with Gasteiger partial charge in [-0.25, -0.2) is 0 Å². The average molecular weight is 181 g/mol. The maximum Gasteiger partial charge on any atom is 0.227 e. The lowest BCUT2D eigenvalue weighted by atomic mass is 10.1. The van der Waals surface area contributed by atoms with Crippen molar-refractivity contribution in [3.63, 3.8) is 0 Å². The summed E-state index contributed by atoms with van der Waals surface area (Å²) in [5, 5.41) is -0.449. The van der Waals surface area contributed by atoms with Crippen LogP contribution in [-0.4, -0.2) is 25.2 Å². The van der Waals surface area contributed by atoms with Crippen LogP contribution in [0.25, 0.3) is 0 Å². The van der Waals surface area contributed by atoms with E-state index in [2.05, 4.69) is 0 Å². The highest BCUT2D eigenvalue weighted by molar-refractivity contribution is 6.63. The maximum atomic E-state index is 10.5. The van der Waals surface area contributed by atoms with Gasteiger partial charge in [0.25, 0.3) is 0 Å². The molecule has 0 unspecified atom stereocenters. The average Bonchev–Trinajstić information content (AvgIpc) is 2.00. The Morgan fingerprint density at radius 1 is 1.45 bits per heavy atom. The molecule has 4 heteroatoms. The first-order chi connectivity index (χ1) is 5.10. The zero-order valence-corrected chi connectivity index (χ0v) is 7.77. The molecule has 0 fully saturated rings. The Morgan fingerprint density at radius 2 is 1.91 bits per heavy atom. The molecule has 0 saturated heterocycles. The number of methoxy groups -OCH3 is 2. The van der Waals surface area contributed by atoms with Crippen LogP contribution < -0.4 is 0 Å². The molecular formula is C7H13ClO3. The second-order valence-electron chi connectivity index (χ2n) is 2.20. The zero-order valence-electron chi connectivity index (χ0n) is 7.02. The second-order valence-corrected chi connectivity index (χ2v) is 2.63. The molecule has 0 bridgehead atoms. The van der Waals surface area contributed by atoms with Crippen LogP contribution in [0, 0.1) is 0 Å². The van der Waals surface area contributed by atoms with Crippen LogP contribution in [0.2, 0.25) is 0 Å². The van der Waals surface area contributed by atoms with E-state index in [4.69, 9.17) is 21.1 Å². The lowest BCUT2D eigenvalue weighted by Gasteiger charge is -2.27. The molecule has 11 heavy (non-hydrogen) atoms. The Hall–Kier alpha value is -0.120. The van der Waals surface area contributed by atoms with E-state index in [1.807, 2.05) is 6.92 Å². The largest absolute Gasteiger partial charge is 0.353 e. The summed E-state index contributed by atoms with van der Waals surface area (Å²) in [7, 11) is 2.99. The third-order valence-corrected chi connectivity index (χ3v) is 1.82. The summed E-state index contributed by atoms with van der Waals surface area (Å²) >= 11 is 5.20. The minimum Gasteiger partial charge on any atom is -0.353 e. The van der Waals surface area contributed by atoms with Crippen molar-refractivity contribution in [2.24, 2.45) is 0 Å². The van der Waals surface area contributed by atoms with E-state index in [0.717, 1.165) is 0 Å². The Kier molecular flexibility index (Phi) is 4.65. The number of carbonyl (C=O) groups is 1. The molecule has 0 saturated carbocycles. The molecule has 0 rings (SSSR count). The predicted molar refractivity (Wildman–Crippen MR) is 42.5 cm³/mol. The van der Waals surface area contributed by atoms with Crippen LogP contribution in [0.5, 0.6) is 0 Å². The number of hydrogen-bond donors (Lipinski definition) is 0. The molecule has 0 amide bonds.